The van der Waals surface area contributed by atoms with E-state index in [0.717, 1.165) is 11.3 Å². The van der Waals surface area contributed by atoms with Gasteiger partial charge in [0.25, 0.3) is 0 Å². The Bertz CT molecular complexity index is 516. The number of nitrogens with zero attached hydrogens (tertiary/aromatic N) is 2. The van der Waals surface area contributed by atoms with Crippen molar-refractivity contribution in [3.8, 4) is 0 Å². The van der Waals surface area contributed by atoms with Crippen molar-refractivity contribution in [2.75, 3.05) is 38.0 Å². The summed E-state index contributed by atoms with van der Waals surface area (Å²) >= 11 is 0. The van der Waals surface area contributed by atoms with Gasteiger partial charge in [0.15, 0.2) is 0 Å². The van der Waals surface area contributed by atoms with Crippen LogP contribution in [0, 0.1) is 6.92 Å². The monoisotopic (exact) mass is 326 g/mol. The molecule has 0 bridgehead atoms. The zero-order valence-electron chi connectivity index (χ0n) is 12.7. The van der Waals surface area contributed by atoms with Gasteiger partial charge in [-0.25, -0.2) is 4.79 Å². The van der Waals surface area contributed by atoms with Gasteiger partial charge in [0.1, 0.15) is 0 Å². The van der Waals surface area contributed by atoms with Crippen molar-refractivity contribution in [1.82, 2.24) is 9.80 Å². The number of carbonyl (C=O) groups is 2. The largest absolute Gasteiger partial charge is 0.339 e. The van der Waals surface area contributed by atoms with E-state index in [0.29, 0.717) is 39.1 Å². The molecular weight excluding hydrogens is 304 g/mol. The van der Waals surface area contributed by atoms with Crippen LogP contribution in [0.1, 0.15) is 12.0 Å². The summed E-state index contributed by atoms with van der Waals surface area (Å²) in [7, 11) is 0. The minimum Gasteiger partial charge on any atom is -0.339 e. The third-order valence-electron chi connectivity index (χ3n) is 3.55. The van der Waals surface area contributed by atoms with Crippen LogP contribution in [0.5, 0.6) is 0 Å². The number of amides is 3. The van der Waals surface area contributed by atoms with Crippen molar-refractivity contribution in [3.63, 3.8) is 0 Å². The molecule has 1 aromatic carbocycles. The molecule has 1 aliphatic heterocycles. The molecule has 2 rings (SSSR count). The van der Waals surface area contributed by atoms with E-state index in [-0.39, 0.29) is 24.3 Å². The van der Waals surface area contributed by atoms with Crippen LogP contribution < -0.4 is 11.1 Å². The van der Waals surface area contributed by atoms with Gasteiger partial charge in [0.05, 0.1) is 0 Å². The second-order valence-corrected chi connectivity index (χ2v) is 5.21. The highest BCUT2D eigenvalue weighted by molar-refractivity contribution is 5.89. The minimum atomic E-state index is -0.119. The molecule has 1 heterocycles. The Morgan fingerprint density at radius 2 is 1.82 bits per heavy atom. The standard InChI is InChI=1S/C15H22N4O2.ClH/c1-12-3-2-4-13(11-12)17-15(21)19-9-7-18(8-10-19)14(20)5-6-16;/h2-4,11H,5-10,16H2,1H3,(H,17,21);1H. The van der Waals surface area contributed by atoms with E-state index < -0.39 is 0 Å². The van der Waals surface area contributed by atoms with Crippen LogP contribution in [0.3, 0.4) is 0 Å². The second-order valence-electron chi connectivity index (χ2n) is 5.21. The third-order valence-corrected chi connectivity index (χ3v) is 3.55. The Hall–Kier alpha value is -1.79. The molecule has 1 saturated heterocycles. The zero-order valence-corrected chi connectivity index (χ0v) is 13.6. The van der Waals surface area contributed by atoms with Crippen molar-refractivity contribution in [3.05, 3.63) is 29.8 Å². The molecule has 0 saturated carbocycles. The zero-order chi connectivity index (χ0) is 15.2. The molecule has 0 aromatic heterocycles. The molecule has 7 heteroatoms. The van der Waals surface area contributed by atoms with E-state index >= 15 is 0 Å². The molecule has 3 amide bonds. The highest BCUT2D eigenvalue weighted by atomic mass is 35.5. The number of hydrogen-bond acceptors (Lipinski definition) is 3. The van der Waals surface area contributed by atoms with Gasteiger partial charge in [-0.3, -0.25) is 4.79 Å². The number of carbonyl (C=O) groups excluding carboxylic acids is 2. The SMILES string of the molecule is Cc1cccc(NC(=O)N2CCN(C(=O)CCN)CC2)c1.Cl. The Labute approximate surface area is 137 Å². The average Bonchev–Trinajstić information content (AvgIpc) is 2.47. The molecule has 3 N–H and O–H groups in total. The molecule has 122 valence electrons. The lowest BCUT2D eigenvalue weighted by Crippen LogP contribution is -2.51. The summed E-state index contributed by atoms with van der Waals surface area (Å²) in [6.07, 6.45) is 0.371. The van der Waals surface area contributed by atoms with E-state index in [1.54, 1.807) is 9.80 Å². The average molecular weight is 327 g/mol. The molecule has 1 aliphatic rings. The molecular formula is C15H23ClN4O2. The van der Waals surface area contributed by atoms with E-state index in [4.69, 9.17) is 5.73 Å². The van der Waals surface area contributed by atoms with E-state index in [9.17, 15) is 9.59 Å². The molecule has 0 atom stereocenters. The first-order valence-electron chi connectivity index (χ1n) is 7.20. The summed E-state index contributed by atoms with van der Waals surface area (Å²) in [6.45, 7) is 4.59. The predicted octanol–water partition coefficient (Wildman–Crippen LogP) is 1.44. The Morgan fingerprint density at radius 3 is 2.41 bits per heavy atom. The van der Waals surface area contributed by atoms with Gasteiger partial charge in [0, 0.05) is 44.8 Å². The third kappa shape index (κ3) is 4.89. The molecule has 1 aromatic rings. The van der Waals surface area contributed by atoms with Crippen molar-refractivity contribution >= 4 is 30.0 Å². The van der Waals surface area contributed by atoms with E-state index in [1.165, 1.54) is 0 Å². The molecule has 0 radical (unpaired) electrons. The number of halogens is 1. The summed E-state index contributed by atoms with van der Waals surface area (Å²) in [5.41, 5.74) is 7.28. The number of anilines is 1. The molecule has 0 aliphatic carbocycles. The summed E-state index contributed by atoms with van der Waals surface area (Å²) < 4.78 is 0. The maximum atomic E-state index is 12.2. The van der Waals surface area contributed by atoms with E-state index in [1.807, 2.05) is 31.2 Å². The fraction of sp³-hybridized carbons (Fsp3) is 0.467. The maximum absolute atomic E-state index is 12.2. The number of nitrogens with two attached hydrogens (primary N) is 1. The van der Waals surface area contributed by atoms with Gasteiger partial charge >= 0.3 is 6.03 Å². The predicted molar refractivity (Wildman–Crippen MR) is 89.3 cm³/mol. The van der Waals surface area contributed by atoms with Crippen molar-refractivity contribution < 1.29 is 9.59 Å². The van der Waals surface area contributed by atoms with Crippen molar-refractivity contribution in [2.45, 2.75) is 13.3 Å². The lowest BCUT2D eigenvalue weighted by Gasteiger charge is -2.34. The maximum Gasteiger partial charge on any atom is 0.321 e. The molecule has 22 heavy (non-hydrogen) atoms. The number of rotatable bonds is 3. The van der Waals surface area contributed by atoms with Gasteiger partial charge in [-0.1, -0.05) is 12.1 Å². The summed E-state index contributed by atoms with van der Waals surface area (Å²) in [5.74, 6) is 0.0660. The Morgan fingerprint density at radius 1 is 1.18 bits per heavy atom. The van der Waals surface area contributed by atoms with Crippen LogP contribution in [0.4, 0.5) is 10.5 Å². The molecule has 1 fully saturated rings. The fourth-order valence-corrected chi connectivity index (χ4v) is 2.37. The van der Waals surface area contributed by atoms with Crippen LogP contribution >= 0.6 is 12.4 Å². The van der Waals surface area contributed by atoms with Gasteiger partial charge in [-0.2, -0.15) is 0 Å². The first kappa shape index (κ1) is 18.3. The van der Waals surface area contributed by atoms with Gasteiger partial charge in [-0.05, 0) is 24.6 Å². The van der Waals surface area contributed by atoms with Crippen LogP contribution in [-0.2, 0) is 4.79 Å². The normalized spacial score (nSPS) is 14.3. The molecule has 6 nitrogen and oxygen atoms in total. The number of nitrogens with one attached hydrogen (secondary N) is 1. The highest BCUT2D eigenvalue weighted by Crippen LogP contribution is 2.11. The minimum absolute atomic E-state index is 0. The van der Waals surface area contributed by atoms with Crippen LogP contribution in [0.25, 0.3) is 0 Å². The highest BCUT2D eigenvalue weighted by Gasteiger charge is 2.23. The summed E-state index contributed by atoms with van der Waals surface area (Å²) in [4.78, 5) is 27.4. The second kappa shape index (κ2) is 8.60. The van der Waals surface area contributed by atoms with Crippen LogP contribution in [0.2, 0.25) is 0 Å². The smallest absolute Gasteiger partial charge is 0.321 e. The Kier molecular flexibility index (Phi) is 7.14. The number of benzene rings is 1. The van der Waals surface area contributed by atoms with Gasteiger partial charge < -0.3 is 20.9 Å². The van der Waals surface area contributed by atoms with Crippen LogP contribution in [0.15, 0.2) is 24.3 Å². The lowest BCUT2D eigenvalue weighted by molar-refractivity contribution is -0.132. The summed E-state index contributed by atoms with van der Waals surface area (Å²) in [5, 5.41) is 2.89. The quantitative estimate of drug-likeness (QED) is 0.882. The topological polar surface area (TPSA) is 78.7 Å². The number of aryl methyl sites for hydroxylation is 1. The number of urea groups is 1. The first-order chi connectivity index (χ1) is 10.1. The van der Waals surface area contributed by atoms with Gasteiger partial charge in [0.2, 0.25) is 5.91 Å². The van der Waals surface area contributed by atoms with E-state index in [2.05, 4.69) is 5.32 Å². The van der Waals surface area contributed by atoms with Crippen LogP contribution in [-0.4, -0.2) is 54.5 Å². The fourth-order valence-electron chi connectivity index (χ4n) is 2.37. The molecule has 0 spiro atoms. The summed E-state index contributed by atoms with van der Waals surface area (Å²) in [6, 6.07) is 7.57. The molecule has 0 unspecified atom stereocenters. The van der Waals surface area contributed by atoms with Crippen molar-refractivity contribution in [1.29, 1.82) is 0 Å². The lowest BCUT2D eigenvalue weighted by atomic mass is 10.2. The Balaban J connectivity index is 0.00000242. The number of piperazine rings is 1. The van der Waals surface area contributed by atoms with Crippen molar-refractivity contribution in [2.24, 2.45) is 5.73 Å². The first-order valence-corrected chi connectivity index (χ1v) is 7.20. The van der Waals surface area contributed by atoms with Gasteiger partial charge in [-0.15, -0.1) is 12.4 Å². The number of hydrogen-bond donors (Lipinski definition) is 2.